The Morgan fingerprint density at radius 2 is 1.90 bits per heavy atom. The highest BCUT2D eigenvalue weighted by Gasteiger charge is 2.36. The smallest absolute Gasteiger partial charge is 0.244 e. The molecule has 0 aliphatic carbocycles. The first-order valence-electron chi connectivity index (χ1n) is 9.33. The second-order valence-electron chi connectivity index (χ2n) is 6.93. The van der Waals surface area contributed by atoms with Crippen LogP contribution in [0.5, 0.6) is 5.88 Å². The van der Waals surface area contributed by atoms with Gasteiger partial charge in [-0.25, -0.2) is 0 Å². The molecule has 3 N–H and O–H groups in total. The van der Waals surface area contributed by atoms with Gasteiger partial charge in [0.15, 0.2) is 0 Å². The molecule has 0 bridgehead atoms. The van der Waals surface area contributed by atoms with Crippen molar-refractivity contribution in [3.8, 4) is 33.6 Å². The highest BCUT2D eigenvalue weighted by molar-refractivity contribution is 7.15. The summed E-state index contributed by atoms with van der Waals surface area (Å²) >= 11 is 14.0. The van der Waals surface area contributed by atoms with Crippen molar-refractivity contribution in [2.45, 2.75) is 5.92 Å². The van der Waals surface area contributed by atoms with E-state index in [1.165, 1.54) is 11.3 Å². The summed E-state index contributed by atoms with van der Waals surface area (Å²) in [5.74, 6) is 0.0259. The number of H-pyrrole nitrogens is 1. The molecule has 0 fully saturated rings. The second-order valence-corrected chi connectivity index (χ2v) is 8.89. The summed E-state index contributed by atoms with van der Waals surface area (Å²) in [4.78, 5) is 1.90. The summed E-state index contributed by atoms with van der Waals surface area (Å²) in [6.45, 7) is 0. The van der Waals surface area contributed by atoms with Gasteiger partial charge in [-0.05, 0) is 29.8 Å². The third kappa shape index (κ3) is 3.37. The van der Waals surface area contributed by atoms with Gasteiger partial charge >= 0.3 is 0 Å². The minimum Gasteiger partial charge on any atom is -0.420 e. The number of rotatable bonds is 3. The van der Waals surface area contributed by atoms with Crippen LogP contribution in [0.1, 0.15) is 16.4 Å². The third-order valence-electron chi connectivity index (χ3n) is 5.11. The van der Waals surface area contributed by atoms with Crippen LogP contribution in [0.25, 0.3) is 21.7 Å². The van der Waals surface area contributed by atoms with E-state index < -0.39 is 5.92 Å². The zero-order valence-corrected chi connectivity index (χ0v) is 18.2. The van der Waals surface area contributed by atoms with E-state index in [9.17, 15) is 5.26 Å². The second kappa shape index (κ2) is 7.78. The van der Waals surface area contributed by atoms with Crippen LogP contribution in [0.2, 0.25) is 10.0 Å². The zero-order valence-electron chi connectivity index (χ0n) is 15.9. The minimum absolute atomic E-state index is 0.0607. The molecule has 8 heteroatoms. The van der Waals surface area contributed by atoms with Gasteiger partial charge in [0.25, 0.3) is 0 Å². The molecule has 5 rings (SSSR count). The van der Waals surface area contributed by atoms with Gasteiger partial charge in [0, 0.05) is 20.3 Å². The molecular formula is C23H14Cl2N4OS. The van der Waals surface area contributed by atoms with Gasteiger partial charge in [0.05, 0.1) is 22.2 Å². The third-order valence-corrected chi connectivity index (χ3v) is 6.84. The van der Waals surface area contributed by atoms with Gasteiger partial charge in [-0.15, -0.1) is 16.4 Å². The van der Waals surface area contributed by atoms with E-state index in [1.54, 1.807) is 12.1 Å². The molecule has 5 nitrogen and oxygen atoms in total. The lowest BCUT2D eigenvalue weighted by molar-refractivity contribution is 0.379. The standard InChI is InChI=1S/C23H14Cl2N4OS/c24-13-6-7-14(16(25)10-13)17-8-9-18(31-17)19-15(11-26)22(27)30-23-20(19)21(28-29-23)12-4-2-1-3-5-12/h1-10,19H,27H2,(H,28,29). The maximum Gasteiger partial charge on any atom is 0.244 e. The number of ether oxygens (including phenoxy) is 1. The molecule has 4 aromatic rings. The molecule has 0 amide bonds. The van der Waals surface area contributed by atoms with Gasteiger partial charge in [0.1, 0.15) is 11.6 Å². The number of aromatic nitrogens is 2. The van der Waals surface area contributed by atoms with E-state index in [0.29, 0.717) is 21.5 Å². The van der Waals surface area contributed by atoms with E-state index >= 15 is 0 Å². The summed E-state index contributed by atoms with van der Waals surface area (Å²) in [6.07, 6.45) is 0. The van der Waals surface area contributed by atoms with Crippen LogP contribution in [0, 0.1) is 11.3 Å². The number of thiophene rings is 1. The molecule has 3 heterocycles. The average Bonchev–Trinajstić information content (AvgIpc) is 3.41. The van der Waals surface area contributed by atoms with Crippen molar-refractivity contribution in [2.24, 2.45) is 5.73 Å². The SMILES string of the molecule is N#CC1=C(N)Oc2n[nH]c(-c3ccccc3)c2C1c1ccc(-c2ccc(Cl)cc2Cl)s1. The molecule has 2 aromatic carbocycles. The number of nitrogens with two attached hydrogens (primary N) is 1. The maximum atomic E-state index is 9.89. The zero-order chi connectivity index (χ0) is 21.5. The Hall–Kier alpha value is -3.24. The van der Waals surface area contributed by atoms with Crippen molar-refractivity contribution in [3.63, 3.8) is 0 Å². The van der Waals surface area contributed by atoms with E-state index in [-0.39, 0.29) is 5.88 Å². The minimum atomic E-state index is -0.410. The number of allylic oxidation sites excluding steroid dienone is 1. The van der Waals surface area contributed by atoms with Crippen LogP contribution in [-0.2, 0) is 0 Å². The molecule has 152 valence electrons. The Labute approximate surface area is 192 Å². The summed E-state index contributed by atoms with van der Waals surface area (Å²) in [6, 6.07) is 21.4. The maximum absolute atomic E-state index is 9.89. The van der Waals surface area contributed by atoms with Gasteiger partial charge in [-0.1, -0.05) is 59.6 Å². The quantitative estimate of drug-likeness (QED) is 0.370. The molecule has 1 aliphatic heterocycles. The summed E-state index contributed by atoms with van der Waals surface area (Å²) in [5, 5.41) is 18.4. The molecule has 0 saturated carbocycles. The van der Waals surface area contributed by atoms with E-state index in [0.717, 1.165) is 32.1 Å². The van der Waals surface area contributed by atoms with Crippen LogP contribution in [0.15, 0.2) is 72.1 Å². The van der Waals surface area contributed by atoms with Crippen LogP contribution < -0.4 is 10.5 Å². The van der Waals surface area contributed by atoms with Gasteiger partial charge in [-0.2, -0.15) is 5.26 Å². The van der Waals surface area contributed by atoms with Crippen LogP contribution in [0.3, 0.4) is 0 Å². The Morgan fingerprint density at radius 1 is 1.10 bits per heavy atom. The fourth-order valence-corrected chi connectivity index (χ4v) is 5.43. The highest BCUT2D eigenvalue weighted by Crippen LogP contribution is 2.48. The van der Waals surface area contributed by atoms with Crippen LogP contribution in [-0.4, -0.2) is 10.2 Å². The van der Waals surface area contributed by atoms with Crippen molar-refractivity contribution in [1.29, 1.82) is 5.26 Å². The number of nitrogens with one attached hydrogen (secondary N) is 1. The van der Waals surface area contributed by atoms with Crippen molar-refractivity contribution < 1.29 is 4.74 Å². The number of benzene rings is 2. The molecule has 2 aromatic heterocycles. The average molecular weight is 465 g/mol. The number of hydrogen-bond donors (Lipinski definition) is 2. The largest absolute Gasteiger partial charge is 0.420 e. The Morgan fingerprint density at radius 3 is 2.65 bits per heavy atom. The Kier molecular flexibility index (Phi) is 4.95. The Balaban J connectivity index is 1.67. The first kappa shape index (κ1) is 19.7. The predicted octanol–water partition coefficient (Wildman–Crippen LogP) is 6.33. The van der Waals surface area contributed by atoms with Crippen molar-refractivity contribution in [2.75, 3.05) is 0 Å². The number of nitriles is 1. The van der Waals surface area contributed by atoms with Crippen molar-refractivity contribution >= 4 is 34.5 Å². The predicted molar refractivity (Wildman–Crippen MR) is 123 cm³/mol. The fraction of sp³-hybridized carbons (Fsp3) is 0.0435. The molecule has 0 radical (unpaired) electrons. The topological polar surface area (TPSA) is 87.7 Å². The number of aromatic amines is 1. The lowest BCUT2D eigenvalue weighted by Crippen LogP contribution is -2.20. The van der Waals surface area contributed by atoms with E-state index in [4.69, 9.17) is 33.7 Å². The normalized spacial score (nSPS) is 15.3. The first-order valence-corrected chi connectivity index (χ1v) is 10.9. The highest BCUT2D eigenvalue weighted by atomic mass is 35.5. The lowest BCUT2D eigenvalue weighted by Gasteiger charge is -2.22. The fourth-order valence-electron chi connectivity index (χ4n) is 3.70. The van der Waals surface area contributed by atoms with Gasteiger partial charge < -0.3 is 10.5 Å². The molecule has 31 heavy (non-hydrogen) atoms. The molecule has 0 spiro atoms. The van der Waals surface area contributed by atoms with Crippen LogP contribution >= 0.6 is 34.5 Å². The lowest BCUT2D eigenvalue weighted by atomic mass is 9.87. The molecule has 0 saturated heterocycles. The van der Waals surface area contributed by atoms with Gasteiger partial charge in [0.2, 0.25) is 11.8 Å². The number of hydrogen-bond acceptors (Lipinski definition) is 5. The number of halogens is 2. The number of nitrogens with zero attached hydrogens (tertiary/aromatic N) is 2. The van der Waals surface area contributed by atoms with Crippen molar-refractivity contribution in [1.82, 2.24) is 10.2 Å². The molecule has 1 atom stereocenters. The Bertz CT molecular complexity index is 1370. The first-order chi connectivity index (χ1) is 15.1. The monoisotopic (exact) mass is 464 g/mol. The van der Waals surface area contributed by atoms with Crippen LogP contribution in [0.4, 0.5) is 0 Å². The number of fused-ring (bicyclic) bond motifs is 1. The molecule has 1 unspecified atom stereocenters. The van der Waals surface area contributed by atoms with E-state index in [1.807, 2.05) is 48.5 Å². The summed E-state index contributed by atoms with van der Waals surface area (Å²) < 4.78 is 5.67. The van der Waals surface area contributed by atoms with E-state index in [2.05, 4.69) is 16.3 Å². The van der Waals surface area contributed by atoms with Crippen molar-refractivity contribution in [3.05, 3.63) is 92.6 Å². The summed E-state index contributed by atoms with van der Waals surface area (Å²) in [5.41, 5.74) is 9.83. The molecular weight excluding hydrogens is 451 g/mol. The van der Waals surface area contributed by atoms with Gasteiger partial charge in [-0.3, -0.25) is 5.10 Å². The molecule has 1 aliphatic rings. The summed E-state index contributed by atoms with van der Waals surface area (Å²) in [7, 11) is 0.